The van der Waals surface area contributed by atoms with E-state index in [4.69, 9.17) is 10.5 Å². The first-order valence-electron chi connectivity index (χ1n) is 10.5. The zero-order valence-corrected chi connectivity index (χ0v) is 17.4. The Morgan fingerprint density at radius 3 is 2.44 bits per heavy atom. The molecule has 0 radical (unpaired) electrons. The summed E-state index contributed by atoms with van der Waals surface area (Å²) in [5, 5.41) is 1.48. The highest BCUT2D eigenvalue weighted by atomic mass is 19.1. The van der Waals surface area contributed by atoms with Gasteiger partial charge in [-0.1, -0.05) is 12.1 Å². The van der Waals surface area contributed by atoms with Gasteiger partial charge in [-0.2, -0.15) is 0 Å². The smallest absolute Gasteiger partial charge is 0.254 e. The van der Waals surface area contributed by atoms with E-state index in [1.165, 1.54) is 12.1 Å². The van der Waals surface area contributed by atoms with Crippen molar-refractivity contribution in [2.24, 2.45) is 5.73 Å². The highest BCUT2D eigenvalue weighted by molar-refractivity contribution is 6.18. The number of fused-ring (bicyclic) bond motifs is 3. The Labute approximate surface area is 183 Å². The molecule has 1 saturated heterocycles. The summed E-state index contributed by atoms with van der Waals surface area (Å²) in [6, 6.07) is 15.5. The molecule has 0 unspecified atom stereocenters. The lowest BCUT2D eigenvalue weighted by molar-refractivity contribution is 0.0303. The van der Waals surface area contributed by atoms with Crippen LogP contribution in [0.1, 0.15) is 31.8 Å². The fourth-order valence-corrected chi connectivity index (χ4v) is 4.31. The van der Waals surface area contributed by atoms with E-state index in [2.05, 4.69) is 4.98 Å². The molecule has 0 saturated carbocycles. The maximum atomic E-state index is 13.2. The van der Waals surface area contributed by atoms with Gasteiger partial charge in [-0.15, -0.1) is 0 Å². The maximum absolute atomic E-state index is 13.2. The number of ether oxygens (including phenoxy) is 1. The van der Waals surface area contributed by atoms with Crippen molar-refractivity contribution < 1.29 is 18.7 Å². The Kier molecular flexibility index (Phi) is 5.11. The molecule has 162 valence electrons. The number of nitrogens with one attached hydrogen (secondary N) is 1. The predicted molar refractivity (Wildman–Crippen MR) is 120 cm³/mol. The number of carbonyl (C=O) groups is 2. The number of amides is 2. The Morgan fingerprint density at radius 1 is 0.969 bits per heavy atom. The zero-order chi connectivity index (χ0) is 22.2. The van der Waals surface area contributed by atoms with E-state index in [0.717, 1.165) is 27.5 Å². The summed E-state index contributed by atoms with van der Waals surface area (Å²) < 4.78 is 18.6. The number of benzene rings is 3. The first kappa shape index (κ1) is 20.2. The molecule has 4 aromatic rings. The van der Waals surface area contributed by atoms with Crippen molar-refractivity contribution in [1.29, 1.82) is 0 Å². The van der Waals surface area contributed by atoms with Crippen molar-refractivity contribution >= 4 is 33.6 Å². The fraction of sp³-hybridized carbons (Fsp3) is 0.200. The van der Waals surface area contributed by atoms with E-state index in [0.29, 0.717) is 49.2 Å². The van der Waals surface area contributed by atoms with E-state index in [1.807, 2.05) is 18.2 Å². The van der Waals surface area contributed by atoms with Crippen LogP contribution in [0.2, 0.25) is 0 Å². The molecule has 1 aliphatic rings. The Balaban J connectivity index is 1.59. The second kappa shape index (κ2) is 8.09. The molecule has 7 heteroatoms. The van der Waals surface area contributed by atoms with Gasteiger partial charge in [0.05, 0.1) is 13.2 Å². The summed E-state index contributed by atoms with van der Waals surface area (Å²) in [5.41, 5.74) is 10.1. The minimum atomic E-state index is -0.540. The average Bonchev–Trinajstić information content (AvgIpc) is 3.17. The quantitative estimate of drug-likeness (QED) is 0.517. The number of carbonyl (C=O) groups excluding carboxylic acids is 2. The number of H-pyrrole nitrogens is 1. The second-order valence-corrected chi connectivity index (χ2v) is 8.02. The number of morpholine rings is 1. The van der Waals surface area contributed by atoms with Gasteiger partial charge in [-0.3, -0.25) is 9.59 Å². The Morgan fingerprint density at radius 2 is 1.72 bits per heavy atom. The molecule has 3 N–H and O–H groups in total. The average molecular weight is 431 g/mol. The maximum Gasteiger partial charge on any atom is 0.254 e. The molecule has 32 heavy (non-hydrogen) atoms. The molecule has 5 rings (SSSR count). The molecule has 6 nitrogen and oxygen atoms in total. The highest BCUT2D eigenvalue weighted by Gasteiger charge is 2.21. The van der Waals surface area contributed by atoms with Crippen molar-refractivity contribution in [3.63, 3.8) is 0 Å². The van der Waals surface area contributed by atoms with Crippen LogP contribution in [-0.4, -0.2) is 48.0 Å². The monoisotopic (exact) mass is 431 g/mol. The fourth-order valence-electron chi connectivity index (χ4n) is 4.31. The van der Waals surface area contributed by atoms with E-state index < -0.39 is 5.91 Å². The van der Waals surface area contributed by atoms with E-state index in [1.54, 1.807) is 29.2 Å². The summed E-state index contributed by atoms with van der Waals surface area (Å²) in [6.45, 7) is 2.18. The molecule has 2 amide bonds. The van der Waals surface area contributed by atoms with Crippen molar-refractivity contribution in [1.82, 2.24) is 9.88 Å². The lowest BCUT2D eigenvalue weighted by atomic mass is 9.98. The van der Waals surface area contributed by atoms with Crippen molar-refractivity contribution in [2.45, 2.75) is 6.42 Å². The molecular formula is C25H22FN3O3. The van der Waals surface area contributed by atoms with Crippen molar-refractivity contribution in [3.8, 4) is 0 Å². The lowest BCUT2D eigenvalue weighted by Crippen LogP contribution is -2.40. The molecule has 0 spiro atoms. The van der Waals surface area contributed by atoms with Crippen LogP contribution in [-0.2, 0) is 11.2 Å². The van der Waals surface area contributed by atoms with Crippen molar-refractivity contribution in [3.05, 3.63) is 82.7 Å². The number of halogens is 1. The van der Waals surface area contributed by atoms with Gasteiger partial charge in [-0.25, -0.2) is 4.39 Å². The zero-order valence-electron chi connectivity index (χ0n) is 17.4. The standard InChI is InChI=1S/C25H22FN3O3/c26-18-4-1-15(2-5-18)11-16-12-20(24(27)30)23-19-14-17(3-6-21(19)28-22(23)13-16)25(31)29-7-9-32-10-8-29/h1-6,12-14,28H,7-11H2,(H2,27,30). The van der Waals surface area contributed by atoms with Gasteiger partial charge >= 0.3 is 0 Å². The molecule has 1 fully saturated rings. The minimum absolute atomic E-state index is 0.0573. The van der Waals surface area contributed by atoms with Crippen LogP contribution in [0.15, 0.2) is 54.6 Å². The molecule has 0 aliphatic carbocycles. The topological polar surface area (TPSA) is 88.4 Å². The highest BCUT2D eigenvalue weighted by Crippen LogP contribution is 2.31. The number of aromatic nitrogens is 1. The molecule has 0 bridgehead atoms. The number of aromatic amines is 1. The van der Waals surface area contributed by atoms with Crippen LogP contribution < -0.4 is 5.73 Å². The molecule has 3 aromatic carbocycles. The summed E-state index contributed by atoms with van der Waals surface area (Å²) in [5.74, 6) is -0.889. The summed E-state index contributed by atoms with van der Waals surface area (Å²) in [7, 11) is 0. The van der Waals surface area contributed by atoms with E-state index in [9.17, 15) is 14.0 Å². The van der Waals surface area contributed by atoms with Gasteiger partial charge in [-0.05, 0) is 60.0 Å². The Bertz CT molecular complexity index is 1340. The van der Waals surface area contributed by atoms with Gasteiger partial charge in [0, 0.05) is 46.0 Å². The number of nitrogens with two attached hydrogens (primary N) is 1. The summed E-state index contributed by atoms with van der Waals surface area (Å²) in [6.07, 6.45) is 0.534. The summed E-state index contributed by atoms with van der Waals surface area (Å²) in [4.78, 5) is 30.4. The van der Waals surface area contributed by atoms with Gasteiger partial charge in [0.1, 0.15) is 5.82 Å². The number of rotatable bonds is 4. The van der Waals surface area contributed by atoms with E-state index in [-0.39, 0.29) is 11.7 Å². The third kappa shape index (κ3) is 3.71. The largest absolute Gasteiger partial charge is 0.378 e. The number of primary amides is 1. The normalized spacial score (nSPS) is 14.2. The molecular weight excluding hydrogens is 409 g/mol. The lowest BCUT2D eigenvalue weighted by Gasteiger charge is -2.26. The molecule has 1 aliphatic heterocycles. The second-order valence-electron chi connectivity index (χ2n) is 8.02. The molecule has 0 atom stereocenters. The Hall–Kier alpha value is -3.71. The van der Waals surface area contributed by atoms with Gasteiger partial charge in [0.25, 0.3) is 5.91 Å². The third-order valence-electron chi connectivity index (χ3n) is 5.89. The predicted octanol–water partition coefficient (Wildman–Crippen LogP) is 3.62. The first-order chi connectivity index (χ1) is 15.5. The van der Waals surface area contributed by atoms with Crippen LogP contribution in [0.5, 0.6) is 0 Å². The number of nitrogens with zero attached hydrogens (tertiary/aromatic N) is 1. The van der Waals surface area contributed by atoms with Crippen LogP contribution in [0.3, 0.4) is 0 Å². The van der Waals surface area contributed by atoms with Crippen LogP contribution >= 0.6 is 0 Å². The van der Waals surface area contributed by atoms with Crippen LogP contribution in [0.4, 0.5) is 4.39 Å². The number of hydrogen-bond acceptors (Lipinski definition) is 3. The van der Waals surface area contributed by atoms with Gasteiger partial charge in [0.2, 0.25) is 5.91 Å². The SMILES string of the molecule is NC(=O)c1cc(Cc2ccc(F)cc2)cc2[nH]c3ccc(C(=O)N4CCOCC4)cc3c12. The summed E-state index contributed by atoms with van der Waals surface area (Å²) >= 11 is 0. The minimum Gasteiger partial charge on any atom is -0.378 e. The molecule has 1 aromatic heterocycles. The molecule has 2 heterocycles. The van der Waals surface area contributed by atoms with Gasteiger partial charge in [0.15, 0.2) is 0 Å². The first-order valence-corrected chi connectivity index (χ1v) is 10.5. The van der Waals surface area contributed by atoms with Crippen LogP contribution in [0, 0.1) is 5.82 Å². The van der Waals surface area contributed by atoms with Gasteiger partial charge < -0.3 is 20.4 Å². The number of hydrogen-bond donors (Lipinski definition) is 2. The van der Waals surface area contributed by atoms with Crippen molar-refractivity contribution in [2.75, 3.05) is 26.3 Å². The van der Waals surface area contributed by atoms with E-state index >= 15 is 0 Å². The third-order valence-corrected chi connectivity index (χ3v) is 5.89. The van der Waals surface area contributed by atoms with Crippen LogP contribution in [0.25, 0.3) is 21.8 Å².